The molecule has 1 saturated heterocycles. The van der Waals surface area contributed by atoms with E-state index >= 15 is 0 Å². The van der Waals surface area contributed by atoms with Crippen LogP contribution in [0.3, 0.4) is 0 Å². The van der Waals surface area contributed by atoms with E-state index in [0.29, 0.717) is 18.6 Å². The number of likely N-dealkylation sites (tertiary alicyclic amines) is 1. The number of ether oxygens (including phenoxy) is 1. The van der Waals surface area contributed by atoms with Crippen LogP contribution in [0.4, 0.5) is 0 Å². The van der Waals surface area contributed by atoms with Crippen molar-refractivity contribution in [2.24, 2.45) is 11.8 Å². The number of carbonyl (C=O) groups excluding carboxylic acids is 1. The predicted molar refractivity (Wildman–Crippen MR) is 85.2 cm³/mol. The van der Waals surface area contributed by atoms with Crippen LogP contribution in [-0.2, 0) is 9.53 Å². The van der Waals surface area contributed by atoms with Gasteiger partial charge in [-0.05, 0) is 58.4 Å². The molecule has 2 atom stereocenters. The summed E-state index contributed by atoms with van der Waals surface area (Å²) < 4.78 is 5.44. The summed E-state index contributed by atoms with van der Waals surface area (Å²) in [6.45, 7) is 11.9. The highest BCUT2D eigenvalue weighted by atomic mass is 16.5. The maximum absolute atomic E-state index is 12.7. The smallest absolute Gasteiger partial charge is 0.327 e. The summed E-state index contributed by atoms with van der Waals surface area (Å²) in [4.78, 5) is 15.2. The van der Waals surface area contributed by atoms with Gasteiger partial charge in [-0.25, -0.2) is 4.79 Å². The van der Waals surface area contributed by atoms with Gasteiger partial charge in [0.25, 0.3) is 0 Å². The van der Waals surface area contributed by atoms with Crippen molar-refractivity contribution in [3.05, 3.63) is 0 Å². The van der Waals surface area contributed by atoms with Crippen LogP contribution in [0.5, 0.6) is 0 Å². The standard InChI is InChI=1S/C17H32N2O2/c1-5-14-9-10-19(11-14)12-17(15-7-8-15,18-13(3)4)16(20)21-6-2/h13-15,18H,5-12H2,1-4H3. The van der Waals surface area contributed by atoms with Gasteiger partial charge in [-0.15, -0.1) is 0 Å². The van der Waals surface area contributed by atoms with E-state index in [2.05, 4.69) is 31.0 Å². The topological polar surface area (TPSA) is 41.6 Å². The minimum absolute atomic E-state index is 0.0406. The van der Waals surface area contributed by atoms with Crippen molar-refractivity contribution < 1.29 is 9.53 Å². The van der Waals surface area contributed by atoms with Crippen LogP contribution in [0, 0.1) is 11.8 Å². The highest BCUT2D eigenvalue weighted by Gasteiger charge is 2.53. The van der Waals surface area contributed by atoms with Gasteiger partial charge in [-0.1, -0.05) is 13.3 Å². The lowest BCUT2D eigenvalue weighted by Crippen LogP contribution is -2.63. The molecule has 0 spiro atoms. The van der Waals surface area contributed by atoms with E-state index in [4.69, 9.17) is 4.74 Å². The lowest BCUT2D eigenvalue weighted by molar-refractivity contribution is -0.153. The first kappa shape index (κ1) is 16.8. The molecule has 0 bridgehead atoms. The molecular weight excluding hydrogens is 264 g/mol. The Hall–Kier alpha value is -0.610. The Morgan fingerprint density at radius 3 is 2.52 bits per heavy atom. The zero-order chi connectivity index (χ0) is 15.5. The third-order valence-corrected chi connectivity index (χ3v) is 4.88. The van der Waals surface area contributed by atoms with Crippen LogP contribution < -0.4 is 5.32 Å². The Morgan fingerprint density at radius 1 is 1.33 bits per heavy atom. The molecule has 1 saturated carbocycles. The van der Waals surface area contributed by atoms with Gasteiger partial charge in [-0.3, -0.25) is 5.32 Å². The van der Waals surface area contributed by atoms with Crippen molar-refractivity contribution in [2.45, 2.75) is 65.0 Å². The molecule has 1 heterocycles. The summed E-state index contributed by atoms with van der Waals surface area (Å²) in [6, 6.07) is 0.291. The third kappa shape index (κ3) is 3.98. The highest BCUT2D eigenvalue weighted by molar-refractivity contribution is 5.82. The molecule has 1 aliphatic heterocycles. The number of rotatable bonds is 8. The normalized spacial score (nSPS) is 26.0. The molecule has 0 radical (unpaired) electrons. The summed E-state index contributed by atoms with van der Waals surface area (Å²) in [6.07, 6.45) is 4.79. The Balaban J connectivity index is 2.12. The first-order valence-electron chi connectivity index (χ1n) is 8.69. The van der Waals surface area contributed by atoms with Crippen LogP contribution in [-0.4, -0.2) is 48.7 Å². The van der Waals surface area contributed by atoms with Gasteiger partial charge in [0.2, 0.25) is 0 Å². The Morgan fingerprint density at radius 2 is 2.05 bits per heavy atom. The van der Waals surface area contributed by atoms with Gasteiger partial charge in [0, 0.05) is 19.1 Å². The molecule has 1 N–H and O–H groups in total. The molecule has 2 fully saturated rings. The maximum atomic E-state index is 12.7. The van der Waals surface area contributed by atoms with Crippen LogP contribution in [0.15, 0.2) is 0 Å². The van der Waals surface area contributed by atoms with Gasteiger partial charge < -0.3 is 9.64 Å². The molecule has 2 aliphatic rings. The molecule has 0 aromatic rings. The third-order valence-electron chi connectivity index (χ3n) is 4.88. The molecular formula is C17H32N2O2. The average Bonchev–Trinajstić information content (AvgIpc) is 3.19. The fraction of sp³-hybridized carbons (Fsp3) is 0.941. The van der Waals surface area contributed by atoms with Crippen LogP contribution >= 0.6 is 0 Å². The SMILES string of the molecule is CCOC(=O)C(CN1CCC(CC)C1)(NC(C)C)C1CC1. The largest absolute Gasteiger partial charge is 0.465 e. The van der Waals surface area contributed by atoms with E-state index in [1.54, 1.807) is 0 Å². The van der Waals surface area contributed by atoms with Gasteiger partial charge in [0.05, 0.1) is 6.61 Å². The second-order valence-corrected chi connectivity index (χ2v) is 7.06. The van der Waals surface area contributed by atoms with Crippen molar-refractivity contribution in [3.8, 4) is 0 Å². The van der Waals surface area contributed by atoms with E-state index in [0.717, 1.165) is 38.4 Å². The van der Waals surface area contributed by atoms with Crippen molar-refractivity contribution in [1.82, 2.24) is 10.2 Å². The summed E-state index contributed by atoms with van der Waals surface area (Å²) in [7, 11) is 0. The van der Waals surface area contributed by atoms with Crippen LogP contribution in [0.25, 0.3) is 0 Å². The monoisotopic (exact) mass is 296 g/mol. The van der Waals surface area contributed by atoms with Gasteiger partial charge in [-0.2, -0.15) is 0 Å². The molecule has 21 heavy (non-hydrogen) atoms. The average molecular weight is 296 g/mol. The number of nitrogens with zero attached hydrogens (tertiary/aromatic N) is 1. The molecule has 2 unspecified atom stereocenters. The van der Waals surface area contributed by atoms with Gasteiger partial charge in [0.15, 0.2) is 0 Å². The summed E-state index contributed by atoms with van der Waals surface area (Å²) in [5, 5.41) is 3.58. The second-order valence-electron chi connectivity index (χ2n) is 7.06. The number of hydrogen-bond donors (Lipinski definition) is 1. The summed E-state index contributed by atoms with van der Waals surface area (Å²) in [5.41, 5.74) is -0.493. The first-order valence-corrected chi connectivity index (χ1v) is 8.69. The Labute approximate surface area is 129 Å². The Bertz CT molecular complexity index is 355. The first-order chi connectivity index (χ1) is 10.0. The fourth-order valence-corrected chi connectivity index (χ4v) is 3.68. The summed E-state index contributed by atoms with van der Waals surface area (Å²) in [5.74, 6) is 1.20. The van der Waals surface area contributed by atoms with Gasteiger partial charge >= 0.3 is 5.97 Å². The van der Waals surface area contributed by atoms with E-state index in [1.165, 1.54) is 12.8 Å². The molecule has 0 aromatic carbocycles. The van der Waals surface area contributed by atoms with E-state index in [-0.39, 0.29) is 5.97 Å². The quantitative estimate of drug-likeness (QED) is 0.699. The van der Waals surface area contributed by atoms with E-state index < -0.39 is 5.54 Å². The van der Waals surface area contributed by atoms with Crippen LogP contribution in [0.1, 0.15) is 53.4 Å². The number of nitrogens with one attached hydrogen (secondary N) is 1. The number of carbonyl (C=O) groups is 1. The van der Waals surface area contributed by atoms with Crippen LogP contribution in [0.2, 0.25) is 0 Å². The molecule has 1 aliphatic carbocycles. The minimum Gasteiger partial charge on any atom is -0.465 e. The van der Waals surface area contributed by atoms with E-state index in [9.17, 15) is 4.79 Å². The number of hydrogen-bond acceptors (Lipinski definition) is 4. The molecule has 2 rings (SSSR count). The fourth-order valence-electron chi connectivity index (χ4n) is 3.68. The lowest BCUT2D eigenvalue weighted by Gasteiger charge is -2.37. The zero-order valence-electron chi connectivity index (χ0n) is 14.2. The molecule has 4 nitrogen and oxygen atoms in total. The number of esters is 1. The highest BCUT2D eigenvalue weighted by Crippen LogP contribution is 2.42. The maximum Gasteiger partial charge on any atom is 0.327 e. The van der Waals surface area contributed by atoms with Crippen molar-refractivity contribution in [2.75, 3.05) is 26.2 Å². The molecule has 0 aromatic heterocycles. The zero-order valence-corrected chi connectivity index (χ0v) is 14.2. The van der Waals surface area contributed by atoms with Crippen molar-refractivity contribution in [3.63, 3.8) is 0 Å². The molecule has 122 valence electrons. The lowest BCUT2D eigenvalue weighted by atomic mass is 9.91. The van der Waals surface area contributed by atoms with Crippen molar-refractivity contribution in [1.29, 1.82) is 0 Å². The second kappa shape index (κ2) is 7.10. The Kier molecular flexibility index (Phi) is 5.67. The molecule has 0 amide bonds. The minimum atomic E-state index is -0.493. The van der Waals surface area contributed by atoms with Crippen molar-refractivity contribution >= 4 is 5.97 Å². The summed E-state index contributed by atoms with van der Waals surface area (Å²) >= 11 is 0. The van der Waals surface area contributed by atoms with Gasteiger partial charge in [0.1, 0.15) is 5.54 Å². The molecule has 4 heteroatoms. The predicted octanol–water partition coefficient (Wildman–Crippen LogP) is 2.43. The van der Waals surface area contributed by atoms with E-state index in [1.807, 2.05) is 6.92 Å².